The number of carbonyl (C=O) groups excluding carboxylic acids is 2. The number of carboxylic acids is 1. The summed E-state index contributed by atoms with van der Waals surface area (Å²) in [6.45, 7) is 1.54. The zero-order valence-corrected chi connectivity index (χ0v) is 13.8. The highest BCUT2D eigenvalue weighted by atomic mass is 35.5. The molecule has 1 aromatic rings. The fraction of sp³-hybridized carbons (Fsp3) is 0.400. The van der Waals surface area contributed by atoms with Crippen LogP contribution in [-0.4, -0.2) is 58.9 Å². The number of aliphatic carboxylic acids is 1. The second-order valence-corrected chi connectivity index (χ2v) is 6.03. The third kappa shape index (κ3) is 4.59. The molecule has 1 heterocycles. The largest absolute Gasteiger partial charge is 0.481 e. The van der Waals surface area contributed by atoms with Gasteiger partial charge in [-0.2, -0.15) is 0 Å². The van der Waals surface area contributed by atoms with E-state index >= 15 is 0 Å². The molecule has 2 rings (SSSR count). The van der Waals surface area contributed by atoms with Gasteiger partial charge in [0.25, 0.3) is 5.91 Å². The van der Waals surface area contributed by atoms with Crippen molar-refractivity contribution in [3.8, 4) is 0 Å². The third-order valence-electron chi connectivity index (χ3n) is 3.63. The molecule has 1 fully saturated rings. The van der Waals surface area contributed by atoms with Crippen molar-refractivity contribution >= 4 is 41.0 Å². The molecule has 124 valence electrons. The predicted molar refractivity (Wildman–Crippen MR) is 85.8 cm³/mol. The number of benzene rings is 1. The van der Waals surface area contributed by atoms with Crippen LogP contribution < -0.4 is 0 Å². The Morgan fingerprint density at radius 3 is 2.17 bits per heavy atom. The number of nitrogens with zero attached hydrogens (tertiary/aromatic N) is 2. The number of carboxylic acid groups (broad SMARTS) is 1. The van der Waals surface area contributed by atoms with Gasteiger partial charge < -0.3 is 14.9 Å². The van der Waals surface area contributed by atoms with Crippen LogP contribution in [0.2, 0.25) is 10.0 Å². The molecule has 2 amide bonds. The van der Waals surface area contributed by atoms with Crippen molar-refractivity contribution in [2.24, 2.45) is 0 Å². The average Bonchev–Trinajstić information content (AvgIpc) is 2.52. The molecule has 1 aliphatic rings. The quantitative estimate of drug-likeness (QED) is 0.894. The Labute approximate surface area is 143 Å². The first kappa shape index (κ1) is 17.6. The minimum absolute atomic E-state index is 0.0215. The summed E-state index contributed by atoms with van der Waals surface area (Å²) in [5, 5.41) is 9.35. The molecule has 0 aliphatic carbocycles. The number of hydrogen-bond acceptors (Lipinski definition) is 3. The maximum atomic E-state index is 12.4. The van der Waals surface area contributed by atoms with E-state index < -0.39 is 5.97 Å². The highest BCUT2D eigenvalue weighted by Gasteiger charge is 2.26. The van der Waals surface area contributed by atoms with Crippen molar-refractivity contribution in [1.29, 1.82) is 0 Å². The van der Waals surface area contributed by atoms with Crippen LogP contribution in [0.15, 0.2) is 18.2 Å². The summed E-state index contributed by atoms with van der Waals surface area (Å²) in [6, 6.07) is 4.70. The summed E-state index contributed by atoms with van der Waals surface area (Å²) in [5.74, 6) is -1.40. The summed E-state index contributed by atoms with van der Waals surface area (Å²) in [7, 11) is 0. The van der Waals surface area contributed by atoms with Gasteiger partial charge in [-0.25, -0.2) is 0 Å². The highest BCUT2D eigenvalue weighted by Crippen LogP contribution is 2.22. The fourth-order valence-electron chi connectivity index (χ4n) is 2.36. The Kier molecular flexibility index (Phi) is 5.85. The number of rotatable bonds is 4. The van der Waals surface area contributed by atoms with Gasteiger partial charge in [-0.1, -0.05) is 23.2 Å². The van der Waals surface area contributed by atoms with E-state index in [2.05, 4.69) is 0 Å². The van der Waals surface area contributed by atoms with Crippen molar-refractivity contribution in [2.45, 2.75) is 12.8 Å². The molecule has 0 bridgehead atoms. The molecule has 0 spiro atoms. The number of amides is 2. The molecular formula is C15H16Cl2N2O4. The van der Waals surface area contributed by atoms with Gasteiger partial charge in [-0.3, -0.25) is 14.4 Å². The molecule has 1 N–H and O–H groups in total. The molecule has 0 radical (unpaired) electrons. The van der Waals surface area contributed by atoms with Crippen molar-refractivity contribution in [3.05, 3.63) is 33.8 Å². The number of hydrogen-bond donors (Lipinski definition) is 1. The smallest absolute Gasteiger partial charge is 0.303 e. The Morgan fingerprint density at radius 1 is 1.00 bits per heavy atom. The number of carbonyl (C=O) groups is 3. The minimum Gasteiger partial charge on any atom is -0.481 e. The van der Waals surface area contributed by atoms with Gasteiger partial charge in [0.15, 0.2) is 0 Å². The Hall–Kier alpha value is -1.79. The van der Waals surface area contributed by atoms with E-state index in [1.165, 1.54) is 6.07 Å². The first-order chi connectivity index (χ1) is 10.9. The van der Waals surface area contributed by atoms with E-state index in [-0.39, 0.29) is 24.7 Å². The second-order valence-electron chi connectivity index (χ2n) is 5.19. The van der Waals surface area contributed by atoms with Gasteiger partial charge in [0, 0.05) is 37.6 Å². The van der Waals surface area contributed by atoms with Crippen LogP contribution in [-0.2, 0) is 9.59 Å². The average molecular weight is 359 g/mol. The van der Waals surface area contributed by atoms with Gasteiger partial charge in [0.2, 0.25) is 5.91 Å². The zero-order chi connectivity index (χ0) is 17.0. The Balaban J connectivity index is 1.92. The first-order valence-corrected chi connectivity index (χ1v) is 7.88. The lowest BCUT2D eigenvalue weighted by atomic mass is 10.1. The number of halogens is 2. The van der Waals surface area contributed by atoms with Gasteiger partial charge in [-0.05, 0) is 18.2 Å². The van der Waals surface area contributed by atoms with E-state index in [1.54, 1.807) is 21.9 Å². The van der Waals surface area contributed by atoms with E-state index in [4.69, 9.17) is 28.3 Å². The van der Waals surface area contributed by atoms with Crippen LogP contribution in [0.4, 0.5) is 0 Å². The molecular weight excluding hydrogens is 343 g/mol. The SMILES string of the molecule is O=C(O)CCC(=O)N1CCN(C(=O)c2ccc(Cl)cc2Cl)CC1. The summed E-state index contributed by atoms with van der Waals surface area (Å²) >= 11 is 11.9. The fourth-order valence-corrected chi connectivity index (χ4v) is 2.85. The van der Waals surface area contributed by atoms with E-state index in [1.807, 2.05) is 0 Å². The minimum atomic E-state index is -0.996. The molecule has 1 saturated heterocycles. The monoisotopic (exact) mass is 358 g/mol. The molecule has 0 unspecified atom stereocenters. The van der Waals surface area contributed by atoms with Crippen molar-refractivity contribution in [3.63, 3.8) is 0 Å². The van der Waals surface area contributed by atoms with Crippen LogP contribution >= 0.6 is 23.2 Å². The molecule has 1 aliphatic heterocycles. The maximum absolute atomic E-state index is 12.4. The molecule has 6 nitrogen and oxygen atoms in total. The van der Waals surface area contributed by atoms with Gasteiger partial charge in [-0.15, -0.1) is 0 Å². The maximum Gasteiger partial charge on any atom is 0.303 e. The molecule has 0 aromatic heterocycles. The van der Waals surface area contributed by atoms with E-state index in [0.29, 0.717) is 41.8 Å². The first-order valence-electron chi connectivity index (χ1n) is 7.12. The predicted octanol–water partition coefficient (Wildman–Crippen LogP) is 2.14. The molecule has 23 heavy (non-hydrogen) atoms. The molecule has 0 atom stereocenters. The summed E-state index contributed by atoms with van der Waals surface area (Å²) < 4.78 is 0. The molecule has 8 heteroatoms. The molecule has 0 saturated carbocycles. The van der Waals surface area contributed by atoms with Crippen molar-refractivity contribution in [1.82, 2.24) is 9.80 Å². The van der Waals surface area contributed by atoms with Crippen LogP contribution in [0, 0.1) is 0 Å². The van der Waals surface area contributed by atoms with Crippen molar-refractivity contribution < 1.29 is 19.5 Å². The molecule has 1 aromatic carbocycles. The lowest BCUT2D eigenvalue weighted by molar-refractivity contribution is -0.141. The van der Waals surface area contributed by atoms with Gasteiger partial charge in [0.1, 0.15) is 0 Å². The van der Waals surface area contributed by atoms with Crippen LogP contribution in [0.5, 0.6) is 0 Å². The number of piperazine rings is 1. The Bertz CT molecular complexity index is 628. The highest BCUT2D eigenvalue weighted by molar-refractivity contribution is 6.36. The zero-order valence-electron chi connectivity index (χ0n) is 12.3. The van der Waals surface area contributed by atoms with Crippen molar-refractivity contribution in [2.75, 3.05) is 26.2 Å². The van der Waals surface area contributed by atoms with E-state index in [9.17, 15) is 14.4 Å². The van der Waals surface area contributed by atoms with Crippen LogP contribution in [0.25, 0.3) is 0 Å². The standard InChI is InChI=1S/C15H16Cl2N2O4/c16-10-1-2-11(12(17)9-10)15(23)19-7-5-18(6-8-19)13(20)3-4-14(21)22/h1-2,9H,3-8H2,(H,21,22). The topological polar surface area (TPSA) is 77.9 Å². The van der Waals surface area contributed by atoms with E-state index in [0.717, 1.165) is 0 Å². The van der Waals surface area contributed by atoms with Gasteiger partial charge in [0.05, 0.1) is 17.0 Å². The van der Waals surface area contributed by atoms with Crippen LogP contribution in [0.3, 0.4) is 0 Å². The lowest BCUT2D eigenvalue weighted by Crippen LogP contribution is -2.50. The second kappa shape index (κ2) is 7.66. The lowest BCUT2D eigenvalue weighted by Gasteiger charge is -2.35. The summed E-state index contributed by atoms with van der Waals surface area (Å²) in [4.78, 5) is 38.0. The summed E-state index contributed by atoms with van der Waals surface area (Å²) in [5.41, 5.74) is 0.377. The Morgan fingerprint density at radius 2 is 1.61 bits per heavy atom. The van der Waals surface area contributed by atoms with Gasteiger partial charge >= 0.3 is 5.97 Å². The summed E-state index contributed by atoms with van der Waals surface area (Å²) in [6.07, 6.45) is -0.204. The normalized spacial score (nSPS) is 14.7. The third-order valence-corrected chi connectivity index (χ3v) is 4.18. The van der Waals surface area contributed by atoms with Crippen LogP contribution in [0.1, 0.15) is 23.2 Å².